The topological polar surface area (TPSA) is 63.9 Å². The second-order valence-electron chi connectivity index (χ2n) is 4.24. The number of hydrogen-bond donors (Lipinski definition) is 2. The summed E-state index contributed by atoms with van der Waals surface area (Å²) in [4.78, 5) is 0. The lowest BCUT2D eigenvalue weighted by molar-refractivity contribution is 0.408. The molecular weight excluding hydrogens is 214 g/mol. The summed E-state index contributed by atoms with van der Waals surface area (Å²) >= 11 is 0. The van der Waals surface area contributed by atoms with Crippen LogP contribution < -0.4 is 10.5 Å². The van der Waals surface area contributed by atoms with Gasteiger partial charge in [0.2, 0.25) is 0 Å². The number of nitrogens with one attached hydrogen (secondary N) is 1. The van der Waals surface area contributed by atoms with Gasteiger partial charge in [-0.3, -0.25) is 5.10 Å². The number of benzene rings is 1. The van der Waals surface area contributed by atoms with Crippen LogP contribution in [0.2, 0.25) is 0 Å². The smallest absolute Gasteiger partial charge is 0.124 e. The summed E-state index contributed by atoms with van der Waals surface area (Å²) < 4.78 is 5.34. The number of methoxy groups -OCH3 is 1. The Morgan fingerprint density at radius 2 is 1.94 bits per heavy atom. The first-order valence-electron chi connectivity index (χ1n) is 5.53. The normalized spacial score (nSPS) is 10.5. The number of nitrogen functional groups attached to an aromatic ring is 1. The molecule has 4 nitrogen and oxygen atoms in total. The number of hydrogen-bond acceptors (Lipinski definition) is 3. The fraction of sp³-hybridized carbons (Fsp3) is 0.308. The maximum absolute atomic E-state index is 5.80. The van der Waals surface area contributed by atoms with Gasteiger partial charge in [-0.15, -0.1) is 0 Å². The van der Waals surface area contributed by atoms with E-state index < -0.39 is 0 Å². The van der Waals surface area contributed by atoms with Crippen molar-refractivity contribution in [3.63, 3.8) is 0 Å². The maximum atomic E-state index is 5.80. The highest BCUT2D eigenvalue weighted by atomic mass is 16.5. The van der Waals surface area contributed by atoms with Gasteiger partial charge in [-0.2, -0.15) is 5.10 Å². The van der Waals surface area contributed by atoms with Crippen molar-refractivity contribution in [1.29, 1.82) is 0 Å². The molecule has 4 heteroatoms. The molecule has 0 atom stereocenters. The molecule has 0 unspecified atom stereocenters. The molecule has 90 valence electrons. The highest BCUT2D eigenvalue weighted by Crippen LogP contribution is 2.25. The molecule has 0 amide bonds. The van der Waals surface area contributed by atoms with Gasteiger partial charge >= 0.3 is 0 Å². The van der Waals surface area contributed by atoms with Crippen LogP contribution in [0.1, 0.15) is 22.4 Å². The molecule has 1 aromatic carbocycles. The largest absolute Gasteiger partial charge is 0.496 e. The second-order valence-corrected chi connectivity index (χ2v) is 4.24. The standard InChI is InChI=1S/C13H17N3O/c1-8-4-10(5-9(2)13(8)17-3)6-12-11(14)7-15-16-12/h4-5,7H,6,14H2,1-3H3,(H,15,16). The zero-order valence-electron chi connectivity index (χ0n) is 10.4. The summed E-state index contributed by atoms with van der Waals surface area (Å²) in [7, 11) is 1.70. The number of nitrogens with two attached hydrogens (primary N) is 1. The van der Waals surface area contributed by atoms with Crippen molar-refractivity contribution in [1.82, 2.24) is 10.2 Å². The minimum absolute atomic E-state index is 0.705. The summed E-state index contributed by atoms with van der Waals surface area (Å²) in [6.45, 7) is 4.09. The van der Waals surface area contributed by atoms with Crippen LogP contribution >= 0.6 is 0 Å². The lowest BCUT2D eigenvalue weighted by Gasteiger charge is -2.11. The quantitative estimate of drug-likeness (QED) is 0.851. The van der Waals surface area contributed by atoms with Crippen LogP contribution in [0.4, 0.5) is 5.69 Å². The van der Waals surface area contributed by atoms with Crippen molar-refractivity contribution < 1.29 is 4.74 Å². The summed E-state index contributed by atoms with van der Waals surface area (Å²) in [5.41, 5.74) is 10.9. The van der Waals surface area contributed by atoms with Gasteiger partial charge in [-0.05, 0) is 30.5 Å². The summed E-state index contributed by atoms with van der Waals surface area (Å²) in [5.74, 6) is 0.950. The molecule has 0 saturated carbocycles. The summed E-state index contributed by atoms with van der Waals surface area (Å²) in [6.07, 6.45) is 2.40. The first-order chi connectivity index (χ1) is 8.11. The van der Waals surface area contributed by atoms with Crippen molar-refractivity contribution in [3.8, 4) is 5.75 Å². The lowest BCUT2D eigenvalue weighted by Crippen LogP contribution is -1.97. The third-order valence-corrected chi connectivity index (χ3v) is 2.86. The fourth-order valence-corrected chi connectivity index (χ4v) is 2.13. The molecule has 17 heavy (non-hydrogen) atoms. The molecule has 0 aliphatic carbocycles. The molecule has 0 radical (unpaired) electrons. The van der Waals surface area contributed by atoms with Crippen molar-refractivity contribution in [2.45, 2.75) is 20.3 Å². The fourth-order valence-electron chi connectivity index (χ4n) is 2.13. The van der Waals surface area contributed by atoms with Crippen LogP contribution in [0.3, 0.4) is 0 Å². The monoisotopic (exact) mass is 231 g/mol. The van der Waals surface area contributed by atoms with Gasteiger partial charge in [0.1, 0.15) is 5.75 Å². The zero-order valence-corrected chi connectivity index (χ0v) is 10.4. The Labute approximate surface area is 101 Å². The van der Waals surface area contributed by atoms with Crippen molar-refractivity contribution in [3.05, 3.63) is 40.7 Å². The van der Waals surface area contributed by atoms with E-state index in [-0.39, 0.29) is 0 Å². The number of H-pyrrole nitrogens is 1. The van der Waals surface area contributed by atoms with Gasteiger partial charge in [-0.1, -0.05) is 12.1 Å². The Morgan fingerprint density at radius 3 is 2.41 bits per heavy atom. The van der Waals surface area contributed by atoms with E-state index in [4.69, 9.17) is 10.5 Å². The minimum Gasteiger partial charge on any atom is -0.496 e. The van der Waals surface area contributed by atoms with E-state index in [1.807, 2.05) is 13.8 Å². The van der Waals surface area contributed by atoms with E-state index in [0.29, 0.717) is 5.69 Å². The molecule has 2 rings (SSSR count). The Kier molecular flexibility index (Phi) is 3.04. The average Bonchev–Trinajstić information content (AvgIpc) is 2.64. The van der Waals surface area contributed by atoms with Crippen LogP contribution in [-0.4, -0.2) is 17.3 Å². The van der Waals surface area contributed by atoms with Crippen LogP contribution in [-0.2, 0) is 6.42 Å². The summed E-state index contributed by atoms with van der Waals surface area (Å²) in [5, 5.41) is 6.84. The molecule has 0 bridgehead atoms. The Morgan fingerprint density at radius 1 is 1.29 bits per heavy atom. The number of ether oxygens (including phenoxy) is 1. The van der Waals surface area contributed by atoms with Gasteiger partial charge in [0, 0.05) is 6.42 Å². The Hall–Kier alpha value is -1.97. The minimum atomic E-state index is 0.705. The first-order valence-corrected chi connectivity index (χ1v) is 5.53. The van der Waals surface area contributed by atoms with Crippen LogP contribution in [0.5, 0.6) is 5.75 Å². The Balaban J connectivity index is 2.32. The molecule has 0 spiro atoms. The van der Waals surface area contributed by atoms with Gasteiger partial charge in [0.05, 0.1) is 24.7 Å². The molecule has 3 N–H and O–H groups in total. The van der Waals surface area contributed by atoms with Crippen molar-refractivity contribution in [2.24, 2.45) is 0 Å². The van der Waals surface area contributed by atoms with Gasteiger partial charge < -0.3 is 10.5 Å². The van der Waals surface area contributed by atoms with Crippen LogP contribution in [0.25, 0.3) is 0 Å². The van der Waals surface area contributed by atoms with E-state index in [1.165, 1.54) is 5.56 Å². The second kappa shape index (κ2) is 4.49. The number of aryl methyl sites for hydroxylation is 2. The number of aromatic nitrogens is 2. The molecule has 0 saturated heterocycles. The third kappa shape index (κ3) is 2.25. The molecule has 2 aromatic rings. The van der Waals surface area contributed by atoms with Gasteiger partial charge in [-0.25, -0.2) is 0 Å². The van der Waals surface area contributed by atoms with E-state index in [1.54, 1.807) is 13.3 Å². The van der Waals surface area contributed by atoms with Crippen molar-refractivity contribution >= 4 is 5.69 Å². The van der Waals surface area contributed by atoms with Crippen LogP contribution in [0.15, 0.2) is 18.3 Å². The highest BCUT2D eigenvalue weighted by molar-refractivity contribution is 5.47. The SMILES string of the molecule is COc1c(C)cc(Cc2[nH]ncc2N)cc1C. The predicted molar refractivity (Wildman–Crippen MR) is 68.3 cm³/mol. The molecular formula is C13H17N3O. The maximum Gasteiger partial charge on any atom is 0.124 e. The molecule has 1 heterocycles. The molecule has 0 aliphatic rings. The van der Waals surface area contributed by atoms with Gasteiger partial charge in [0.25, 0.3) is 0 Å². The third-order valence-electron chi connectivity index (χ3n) is 2.86. The lowest BCUT2D eigenvalue weighted by atomic mass is 10.0. The van der Waals surface area contributed by atoms with Crippen LogP contribution in [0, 0.1) is 13.8 Å². The molecule has 1 aromatic heterocycles. The van der Waals surface area contributed by atoms with E-state index in [9.17, 15) is 0 Å². The van der Waals surface area contributed by atoms with E-state index >= 15 is 0 Å². The predicted octanol–water partition coefficient (Wildman–Crippen LogP) is 2.21. The first kappa shape index (κ1) is 11.5. The number of anilines is 1. The van der Waals surface area contributed by atoms with Gasteiger partial charge in [0.15, 0.2) is 0 Å². The average molecular weight is 231 g/mol. The Bertz CT molecular complexity index is 508. The van der Waals surface area contributed by atoms with E-state index in [0.717, 1.165) is 29.0 Å². The summed E-state index contributed by atoms with van der Waals surface area (Å²) in [6, 6.07) is 4.23. The van der Waals surface area contributed by atoms with E-state index in [2.05, 4.69) is 22.3 Å². The molecule has 0 fully saturated rings. The molecule has 0 aliphatic heterocycles. The van der Waals surface area contributed by atoms with Crippen molar-refractivity contribution in [2.75, 3.05) is 12.8 Å². The highest BCUT2D eigenvalue weighted by Gasteiger charge is 2.08. The number of aromatic amines is 1. The number of nitrogens with zero attached hydrogens (tertiary/aromatic N) is 1. The zero-order chi connectivity index (χ0) is 12.4. The number of rotatable bonds is 3.